The van der Waals surface area contributed by atoms with Crippen LogP contribution in [-0.4, -0.2) is 35.3 Å². The average molecular weight is 454 g/mol. The Bertz CT molecular complexity index is 1220. The van der Waals surface area contributed by atoms with Crippen LogP contribution >= 0.6 is 11.3 Å². The first-order valence-electron chi connectivity index (χ1n) is 9.62. The van der Waals surface area contributed by atoms with E-state index < -0.39 is 5.82 Å². The third kappa shape index (κ3) is 4.92. The summed E-state index contributed by atoms with van der Waals surface area (Å²) in [6.45, 7) is 0. The number of methoxy groups -OCH3 is 2. The van der Waals surface area contributed by atoms with Crippen LogP contribution in [0.15, 0.2) is 52.4 Å². The third-order valence-corrected chi connectivity index (χ3v) is 5.33. The molecular formula is C22H19FN4O4S. The van der Waals surface area contributed by atoms with Gasteiger partial charge in [-0.1, -0.05) is 5.16 Å². The molecule has 0 bridgehead atoms. The zero-order valence-electron chi connectivity index (χ0n) is 17.3. The van der Waals surface area contributed by atoms with Crippen LogP contribution in [0.1, 0.15) is 12.3 Å². The van der Waals surface area contributed by atoms with E-state index in [0.717, 1.165) is 11.3 Å². The van der Waals surface area contributed by atoms with Crippen molar-refractivity contribution in [3.8, 4) is 34.1 Å². The lowest BCUT2D eigenvalue weighted by atomic mass is 10.1. The highest BCUT2D eigenvalue weighted by Crippen LogP contribution is 2.32. The third-order valence-electron chi connectivity index (χ3n) is 4.57. The van der Waals surface area contributed by atoms with E-state index in [1.165, 1.54) is 36.6 Å². The molecule has 0 spiro atoms. The molecule has 0 aliphatic carbocycles. The van der Waals surface area contributed by atoms with Gasteiger partial charge in [0.25, 0.3) is 0 Å². The molecule has 0 unspecified atom stereocenters. The summed E-state index contributed by atoms with van der Waals surface area (Å²) in [6.07, 6.45) is 0.424. The molecule has 0 atom stereocenters. The summed E-state index contributed by atoms with van der Waals surface area (Å²) in [4.78, 5) is 21.0. The topological polar surface area (TPSA) is 99.4 Å². The number of hydrogen-bond acceptors (Lipinski definition) is 8. The van der Waals surface area contributed by atoms with Gasteiger partial charge in [-0.05, 0) is 42.5 Å². The summed E-state index contributed by atoms with van der Waals surface area (Å²) < 4.78 is 29.2. The lowest BCUT2D eigenvalue weighted by Crippen LogP contribution is -2.12. The number of rotatable bonds is 8. The van der Waals surface area contributed by atoms with E-state index in [9.17, 15) is 9.18 Å². The highest BCUT2D eigenvalue weighted by molar-refractivity contribution is 7.14. The monoisotopic (exact) mass is 454 g/mol. The Morgan fingerprint density at radius 1 is 1.12 bits per heavy atom. The quantitative estimate of drug-likeness (QED) is 0.416. The summed E-state index contributed by atoms with van der Waals surface area (Å²) in [5.41, 5.74) is 1.82. The van der Waals surface area contributed by atoms with Gasteiger partial charge in [0.1, 0.15) is 17.3 Å². The van der Waals surface area contributed by atoms with Crippen molar-refractivity contribution in [3.63, 3.8) is 0 Å². The number of amides is 1. The molecule has 8 nitrogen and oxygen atoms in total. The van der Waals surface area contributed by atoms with Crippen LogP contribution in [0.4, 0.5) is 9.52 Å². The van der Waals surface area contributed by atoms with E-state index in [0.29, 0.717) is 33.9 Å². The summed E-state index contributed by atoms with van der Waals surface area (Å²) >= 11 is 1.24. The van der Waals surface area contributed by atoms with Gasteiger partial charge < -0.3 is 19.3 Å². The number of aromatic nitrogens is 3. The normalized spacial score (nSPS) is 10.7. The number of carbonyl (C=O) groups excluding carboxylic acids is 1. The maximum absolute atomic E-state index is 13.6. The molecule has 0 aliphatic heterocycles. The Morgan fingerprint density at radius 3 is 2.69 bits per heavy atom. The van der Waals surface area contributed by atoms with E-state index in [1.807, 2.05) is 12.1 Å². The standard InChI is InChI=1S/C22H19FN4O4S/c1-29-15-6-3-13(4-7-15)21-26-20(31-27-21)10-9-19(28)25-22-24-17(12-32-22)16-11-14(23)5-8-18(16)30-2/h3-8,11-12H,9-10H2,1-2H3,(H,24,25,28). The number of thiazole rings is 1. The van der Waals surface area contributed by atoms with Crippen molar-refractivity contribution in [2.24, 2.45) is 0 Å². The van der Waals surface area contributed by atoms with Gasteiger partial charge in [-0.3, -0.25) is 4.79 Å². The number of anilines is 1. The molecule has 0 fully saturated rings. The molecule has 2 aromatic heterocycles. The van der Waals surface area contributed by atoms with E-state index in [2.05, 4.69) is 20.4 Å². The highest BCUT2D eigenvalue weighted by atomic mass is 32.1. The molecule has 2 heterocycles. The van der Waals surface area contributed by atoms with E-state index in [1.54, 1.807) is 24.6 Å². The number of nitrogens with one attached hydrogen (secondary N) is 1. The molecule has 1 N–H and O–H groups in total. The van der Waals surface area contributed by atoms with Crippen LogP contribution < -0.4 is 14.8 Å². The number of carbonyl (C=O) groups is 1. The fraction of sp³-hybridized carbons (Fsp3) is 0.182. The lowest BCUT2D eigenvalue weighted by molar-refractivity contribution is -0.116. The Hall–Kier alpha value is -3.79. The predicted molar refractivity (Wildman–Crippen MR) is 117 cm³/mol. The molecule has 4 aromatic rings. The number of benzene rings is 2. The number of hydrogen-bond donors (Lipinski definition) is 1. The van der Waals surface area contributed by atoms with E-state index in [4.69, 9.17) is 14.0 Å². The SMILES string of the molecule is COc1ccc(-c2noc(CCC(=O)Nc3nc(-c4cc(F)ccc4OC)cs3)n2)cc1. The summed E-state index contributed by atoms with van der Waals surface area (Å²) in [5.74, 6) is 1.38. The van der Waals surface area contributed by atoms with Crippen LogP contribution in [0.3, 0.4) is 0 Å². The van der Waals surface area contributed by atoms with Gasteiger partial charge in [-0.15, -0.1) is 11.3 Å². The minimum atomic E-state index is -0.395. The fourth-order valence-corrected chi connectivity index (χ4v) is 3.68. The molecule has 2 aromatic carbocycles. The highest BCUT2D eigenvalue weighted by Gasteiger charge is 2.14. The molecule has 0 saturated heterocycles. The number of halogens is 1. The first-order chi connectivity index (χ1) is 15.6. The van der Waals surface area contributed by atoms with Gasteiger partial charge in [0.05, 0.1) is 19.9 Å². The fourth-order valence-electron chi connectivity index (χ4n) is 2.95. The van der Waals surface area contributed by atoms with Gasteiger partial charge in [-0.25, -0.2) is 9.37 Å². The van der Waals surface area contributed by atoms with Crippen LogP contribution in [0, 0.1) is 5.82 Å². The minimum absolute atomic E-state index is 0.141. The lowest BCUT2D eigenvalue weighted by Gasteiger charge is -2.05. The van der Waals surface area contributed by atoms with E-state index in [-0.39, 0.29) is 18.7 Å². The van der Waals surface area contributed by atoms with Crippen molar-refractivity contribution in [2.45, 2.75) is 12.8 Å². The second-order valence-electron chi connectivity index (χ2n) is 6.67. The molecule has 10 heteroatoms. The van der Waals surface area contributed by atoms with Crippen LogP contribution in [-0.2, 0) is 11.2 Å². The second-order valence-corrected chi connectivity index (χ2v) is 7.53. The predicted octanol–water partition coefficient (Wildman–Crippen LogP) is 4.59. The number of aryl methyl sites for hydroxylation is 1. The van der Waals surface area contributed by atoms with Crippen molar-refractivity contribution in [2.75, 3.05) is 19.5 Å². The van der Waals surface area contributed by atoms with Crippen molar-refractivity contribution >= 4 is 22.4 Å². The second kappa shape index (κ2) is 9.56. The number of nitrogens with zero attached hydrogens (tertiary/aromatic N) is 3. The first kappa shape index (κ1) is 21.4. The van der Waals surface area contributed by atoms with Crippen LogP contribution in [0.25, 0.3) is 22.6 Å². The van der Waals surface area contributed by atoms with Crippen molar-refractivity contribution < 1.29 is 23.2 Å². The molecule has 0 saturated carbocycles. The molecule has 1 amide bonds. The molecular weight excluding hydrogens is 435 g/mol. The maximum atomic E-state index is 13.6. The van der Waals surface area contributed by atoms with Crippen molar-refractivity contribution in [3.05, 3.63) is 59.6 Å². The van der Waals surface area contributed by atoms with Gasteiger partial charge in [-0.2, -0.15) is 4.98 Å². The smallest absolute Gasteiger partial charge is 0.227 e. The zero-order valence-corrected chi connectivity index (χ0v) is 18.1. The van der Waals surface area contributed by atoms with E-state index >= 15 is 0 Å². The largest absolute Gasteiger partial charge is 0.497 e. The molecule has 164 valence electrons. The van der Waals surface area contributed by atoms with Gasteiger partial charge in [0.2, 0.25) is 17.6 Å². The molecule has 32 heavy (non-hydrogen) atoms. The van der Waals surface area contributed by atoms with Crippen LogP contribution in [0.5, 0.6) is 11.5 Å². The minimum Gasteiger partial charge on any atom is -0.497 e. The molecule has 4 rings (SSSR count). The summed E-state index contributed by atoms with van der Waals surface area (Å²) in [6, 6.07) is 11.5. The zero-order chi connectivity index (χ0) is 22.5. The number of ether oxygens (including phenoxy) is 2. The van der Waals surface area contributed by atoms with Crippen molar-refractivity contribution in [1.82, 2.24) is 15.1 Å². The molecule has 0 radical (unpaired) electrons. The van der Waals surface area contributed by atoms with Gasteiger partial charge >= 0.3 is 0 Å². The first-order valence-corrected chi connectivity index (χ1v) is 10.5. The van der Waals surface area contributed by atoms with Gasteiger partial charge in [0, 0.05) is 29.3 Å². The molecule has 0 aliphatic rings. The summed E-state index contributed by atoms with van der Waals surface area (Å²) in [7, 11) is 3.10. The average Bonchev–Trinajstić information content (AvgIpc) is 3.47. The van der Waals surface area contributed by atoms with Crippen molar-refractivity contribution in [1.29, 1.82) is 0 Å². The van der Waals surface area contributed by atoms with Crippen LogP contribution in [0.2, 0.25) is 0 Å². The Labute approximate surface area is 187 Å². The Kier molecular flexibility index (Phi) is 6.41. The maximum Gasteiger partial charge on any atom is 0.227 e. The Balaban J connectivity index is 1.35. The Morgan fingerprint density at radius 2 is 1.94 bits per heavy atom. The van der Waals surface area contributed by atoms with Gasteiger partial charge in [0.15, 0.2) is 5.13 Å². The summed E-state index contributed by atoms with van der Waals surface area (Å²) in [5, 5.41) is 8.82.